The minimum atomic E-state index is -0.829. The highest BCUT2D eigenvalue weighted by Gasteiger charge is 2.35. The first-order chi connectivity index (χ1) is 12.6. The Morgan fingerprint density at radius 3 is 2.96 bits per heavy atom. The molecule has 0 saturated carbocycles. The van der Waals surface area contributed by atoms with E-state index in [1.807, 2.05) is 24.3 Å². The monoisotopic (exact) mass is 358 g/mol. The molecule has 0 radical (unpaired) electrons. The van der Waals surface area contributed by atoms with Gasteiger partial charge in [0.15, 0.2) is 0 Å². The van der Waals surface area contributed by atoms with Crippen LogP contribution < -0.4 is 10.4 Å². The lowest BCUT2D eigenvalue weighted by atomic mass is 10.1. The number of hydrogen-bond acceptors (Lipinski definition) is 7. The fraction of sp³-hybridized carbons (Fsp3) is 0.333. The summed E-state index contributed by atoms with van der Waals surface area (Å²) in [5.74, 6) is 1.25. The number of ether oxygens (including phenoxy) is 2. The maximum absolute atomic E-state index is 12.3. The summed E-state index contributed by atoms with van der Waals surface area (Å²) in [6, 6.07) is 9.15. The Bertz CT molecular complexity index is 995. The predicted octanol–water partition coefficient (Wildman–Crippen LogP) is 1.31. The van der Waals surface area contributed by atoms with E-state index in [0.717, 1.165) is 5.56 Å². The minimum absolute atomic E-state index is 0.207. The van der Waals surface area contributed by atoms with Crippen LogP contribution in [0.2, 0.25) is 0 Å². The van der Waals surface area contributed by atoms with Gasteiger partial charge in [-0.1, -0.05) is 12.1 Å². The van der Waals surface area contributed by atoms with Crippen LogP contribution in [-0.2, 0) is 4.74 Å². The van der Waals surface area contributed by atoms with Gasteiger partial charge in [-0.2, -0.15) is 4.98 Å². The van der Waals surface area contributed by atoms with Crippen LogP contribution in [-0.4, -0.2) is 45.7 Å². The number of aromatic nitrogens is 2. The molecule has 26 heavy (non-hydrogen) atoms. The number of benzene rings is 1. The van der Waals surface area contributed by atoms with Crippen molar-refractivity contribution in [1.82, 2.24) is 9.55 Å². The summed E-state index contributed by atoms with van der Waals surface area (Å²) in [5, 5.41) is 19.7. The van der Waals surface area contributed by atoms with Gasteiger partial charge in [-0.3, -0.25) is 4.57 Å². The topological polar surface area (TPSA) is 107 Å². The SMILES string of the molecule is COc1cccc(-c2cc3cn([C@H]4C[C@H](O)[C@@H](CO)O4)c(=O)nc3o2)c1. The van der Waals surface area contributed by atoms with Gasteiger partial charge in [-0.15, -0.1) is 0 Å². The molecule has 2 N–H and O–H groups in total. The third-order valence-electron chi connectivity index (χ3n) is 4.49. The Morgan fingerprint density at radius 2 is 2.23 bits per heavy atom. The zero-order valence-electron chi connectivity index (χ0n) is 14.0. The molecule has 0 aliphatic carbocycles. The molecule has 0 unspecified atom stereocenters. The second-order valence-corrected chi connectivity index (χ2v) is 6.15. The molecule has 0 bridgehead atoms. The van der Waals surface area contributed by atoms with Crippen LogP contribution in [0.1, 0.15) is 12.6 Å². The van der Waals surface area contributed by atoms with Crippen molar-refractivity contribution in [2.45, 2.75) is 24.9 Å². The minimum Gasteiger partial charge on any atom is -0.497 e. The molecule has 2 aromatic heterocycles. The quantitative estimate of drug-likeness (QED) is 0.724. The molecule has 136 valence electrons. The Morgan fingerprint density at radius 1 is 1.38 bits per heavy atom. The Labute approximate surface area is 148 Å². The number of rotatable bonds is 4. The Balaban J connectivity index is 1.72. The van der Waals surface area contributed by atoms with Crippen molar-refractivity contribution in [3.05, 3.63) is 47.0 Å². The van der Waals surface area contributed by atoms with Crippen molar-refractivity contribution in [2.24, 2.45) is 0 Å². The maximum atomic E-state index is 12.3. The first-order valence-corrected chi connectivity index (χ1v) is 8.20. The van der Waals surface area contributed by atoms with E-state index in [2.05, 4.69) is 4.98 Å². The van der Waals surface area contributed by atoms with E-state index in [9.17, 15) is 15.0 Å². The van der Waals surface area contributed by atoms with E-state index < -0.39 is 24.1 Å². The lowest BCUT2D eigenvalue weighted by Gasteiger charge is -2.13. The van der Waals surface area contributed by atoms with Crippen LogP contribution in [0.15, 0.2) is 45.7 Å². The van der Waals surface area contributed by atoms with Gasteiger partial charge >= 0.3 is 5.69 Å². The molecular weight excluding hydrogens is 340 g/mol. The lowest BCUT2D eigenvalue weighted by Crippen LogP contribution is -2.27. The zero-order chi connectivity index (χ0) is 18.3. The van der Waals surface area contributed by atoms with E-state index in [1.54, 1.807) is 19.4 Å². The van der Waals surface area contributed by atoms with E-state index in [0.29, 0.717) is 16.9 Å². The normalized spacial score (nSPS) is 22.8. The maximum Gasteiger partial charge on any atom is 0.353 e. The van der Waals surface area contributed by atoms with Crippen molar-refractivity contribution in [3.63, 3.8) is 0 Å². The molecule has 1 saturated heterocycles. The van der Waals surface area contributed by atoms with Crippen LogP contribution in [0.5, 0.6) is 5.75 Å². The largest absolute Gasteiger partial charge is 0.497 e. The standard InChI is InChI=1S/C18H18N2O6/c1-24-12-4-2-3-10(5-12)14-6-11-8-20(18(23)19-17(11)26-14)16-7-13(22)15(9-21)25-16/h2-6,8,13,15-16,21-22H,7,9H2,1H3/t13-,15+,16+/m0/s1. The number of furan rings is 1. The van der Waals surface area contributed by atoms with E-state index in [1.165, 1.54) is 4.57 Å². The highest BCUT2D eigenvalue weighted by atomic mass is 16.5. The summed E-state index contributed by atoms with van der Waals surface area (Å²) >= 11 is 0. The van der Waals surface area contributed by atoms with Gasteiger partial charge in [-0.25, -0.2) is 4.79 Å². The van der Waals surface area contributed by atoms with Crippen molar-refractivity contribution in [3.8, 4) is 17.1 Å². The van der Waals surface area contributed by atoms with Crippen molar-refractivity contribution < 1.29 is 24.1 Å². The van der Waals surface area contributed by atoms with E-state index in [4.69, 9.17) is 13.9 Å². The first-order valence-electron chi connectivity index (χ1n) is 8.20. The van der Waals surface area contributed by atoms with Crippen molar-refractivity contribution in [2.75, 3.05) is 13.7 Å². The van der Waals surface area contributed by atoms with Crippen molar-refractivity contribution in [1.29, 1.82) is 0 Å². The highest BCUT2D eigenvalue weighted by molar-refractivity contribution is 5.79. The van der Waals surface area contributed by atoms with E-state index >= 15 is 0 Å². The molecule has 0 spiro atoms. The van der Waals surface area contributed by atoms with Gasteiger partial charge in [0.25, 0.3) is 0 Å². The van der Waals surface area contributed by atoms with E-state index in [-0.39, 0.29) is 18.7 Å². The average Bonchev–Trinajstić information content (AvgIpc) is 3.23. The summed E-state index contributed by atoms with van der Waals surface area (Å²) in [4.78, 5) is 16.3. The molecule has 0 amide bonds. The van der Waals surface area contributed by atoms with Gasteiger partial charge in [-0.05, 0) is 18.2 Å². The van der Waals surface area contributed by atoms with Gasteiger partial charge in [0, 0.05) is 18.2 Å². The van der Waals surface area contributed by atoms with Crippen LogP contribution in [0.4, 0.5) is 0 Å². The van der Waals surface area contributed by atoms with Gasteiger partial charge < -0.3 is 24.1 Å². The highest BCUT2D eigenvalue weighted by Crippen LogP contribution is 2.31. The predicted molar refractivity (Wildman–Crippen MR) is 91.9 cm³/mol. The summed E-state index contributed by atoms with van der Waals surface area (Å²) in [5.41, 5.74) is 0.482. The summed E-state index contributed by atoms with van der Waals surface area (Å²) in [6.07, 6.45) is -0.418. The van der Waals surface area contributed by atoms with Gasteiger partial charge in [0.05, 0.1) is 25.2 Å². The molecule has 3 atom stereocenters. The smallest absolute Gasteiger partial charge is 0.353 e. The molecule has 3 heterocycles. The van der Waals surface area contributed by atoms with Crippen LogP contribution in [0.3, 0.4) is 0 Å². The molecule has 8 heteroatoms. The van der Waals surface area contributed by atoms with Crippen LogP contribution in [0.25, 0.3) is 22.4 Å². The molecule has 1 fully saturated rings. The lowest BCUT2D eigenvalue weighted by molar-refractivity contribution is -0.0457. The third kappa shape index (κ3) is 2.88. The first kappa shape index (κ1) is 16.8. The zero-order valence-corrected chi connectivity index (χ0v) is 14.0. The van der Waals surface area contributed by atoms with Crippen LogP contribution in [0, 0.1) is 0 Å². The summed E-state index contributed by atoms with van der Waals surface area (Å²) in [7, 11) is 1.58. The number of aliphatic hydroxyl groups excluding tert-OH is 2. The second kappa shape index (κ2) is 6.56. The summed E-state index contributed by atoms with van der Waals surface area (Å²) in [6.45, 7) is -0.312. The molecule has 1 aliphatic heterocycles. The molecule has 1 aliphatic rings. The van der Waals surface area contributed by atoms with Crippen LogP contribution >= 0.6 is 0 Å². The average molecular weight is 358 g/mol. The number of methoxy groups -OCH3 is 1. The second-order valence-electron chi connectivity index (χ2n) is 6.15. The third-order valence-corrected chi connectivity index (χ3v) is 4.49. The molecular formula is C18H18N2O6. The van der Waals surface area contributed by atoms with Gasteiger partial charge in [0.2, 0.25) is 5.71 Å². The molecule has 1 aromatic carbocycles. The number of hydrogen-bond donors (Lipinski definition) is 2. The fourth-order valence-corrected chi connectivity index (χ4v) is 3.10. The molecule has 4 rings (SSSR count). The number of aliphatic hydroxyl groups is 2. The number of nitrogens with zero attached hydrogens (tertiary/aromatic N) is 2. The molecule has 8 nitrogen and oxygen atoms in total. The van der Waals surface area contributed by atoms with Gasteiger partial charge in [0.1, 0.15) is 23.8 Å². The Hall–Kier alpha value is -2.68. The van der Waals surface area contributed by atoms with Crippen molar-refractivity contribution >= 4 is 11.1 Å². The molecule has 3 aromatic rings. The summed E-state index contributed by atoms with van der Waals surface area (Å²) < 4.78 is 17.8. The Kier molecular flexibility index (Phi) is 4.23. The number of fused-ring (bicyclic) bond motifs is 1. The fourth-order valence-electron chi connectivity index (χ4n) is 3.10.